The van der Waals surface area contributed by atoms with Crippen LogP contribution in [0.2, 0.25) is 0 Å². The van der Waals surface area contributed by atoms with Crippen LogP contribution in [0.25, 0.3) is 6.08 Å². The van der Waals surface area contributed by atoms with E-state index in [2.05, 4.69) is 16.8 Å². The zero-order valence-corrected chi connectivity index (χ0v) is 5.54. The fraction of sp³-hybridized carbons (Fsp3) is 0. The normalized spacial score (nSPS) is 10.4. The summed E-state index contributed by atoms with van der Waals surface area (Å²) in [7, 11) is 0. The van der Waals surface area contributed by atoms with Gasteiger partial charge in [-0.05, 0) is 6.08 Å². The Morgan fingerprint density at radius 2 is 2.50 bits per heavy atom. The number of hydrogen-bond acceptors (Lipinski definition) is 2. The van der Waals surface area contributed by atoms with E-state index >= 15 is 0 Å². The van der Waals surface area contributed by atoms with Crippen LogP contribution in [0, 0.1) is 0 Å². The Hall–Kier alpha value is -1.51. The summed E-state index contributed by atoms with van der Waals surface area (Å²) in [5, 5.41) is 6.47. The van der Waals surface area contributed by atoms with Crippen molar-refractivity contribution < 1.29 is 0 Å². The lowest BCUT2D eigenvalue weighted by Crippen LogP contribution is -1.83. The van der Waals surface area contributed by atoms with Gasteiger partial charge in [0.1, 0.15) is 0 Å². The summed E-state index contributed by atoms with van der Waals surface area (Å²) in [6.07, 6.45) is 6.86. The van der Waals surface area contributed by atoms with Crippen molar-refractivity contribution in [2.24, 2.45) is 0 Å². The molecule has 0 radical (unpaired) electrons. The molecule has 0 atom stereocenters. The largest absolute Gasteiger partial charge is 0.396 e. The fourth-order valence-electron chi connectivity index (χ4n) is 0.603. The molecule has 0 fully saturated rings. The lowest BCUT2D eigenvalue weighted by Gasteiger charge is -1.84. The van der Waals surface area contributed by atoms with Gasteiger partial charge in [-0.15, -0.1) is 0 Å². The average Bonchev–Trinajstić information content (AvgIpc) is 2.31. The number of anilines is 1. The van der Waals surface area contributed by atoms with E-state index in [0.29, 0.717) is 5.69 Å². The third-order valence-corrected chi connectivity index (χ3v) is 1.10. The maximum atomic E-state index is 5.50. The van der Waals surface area contributed by atoms with E-state index in [9.17, 15) is 0 Å². The number of hydrogen-bond donors (Lipinski definition) is 2. The average molecular weight is 135 g/mol. The molecule has 0 spiro atoms. The number of aromatic nitrogens is 2. The summed E-state index contributed by atoms with van der Waals surface area (Å²) in [5.74, 6) is 0. The number of nitrogens with one attached hydrogen (secondary N) is 1. The van der Waals surface area contributed by atoms with Crippen LogP contribution in [-0.4, -0.2) is 10.2 Å². The van der Waals surface area contributed by atoms with Gasteiger partial charge in [0, 0.05) is 0 Å². The minimum absolute atomic E-state index is 0.651. The van der Waals surface area contributed by atoms with E-state index in [1.165, 1.54) is 0 Å². The van der Waals surface area contributed by atoms with Crippen molar-refractivity contribution >= 4 is 11.8 Å². The Bertz CT molecular complexity index is 247. The zero-order valence-electron chi connectivity index (χ0n) is 5.54. The van der Waals surface area contributed by atoms with E-state index in [0.717, 1.165) is 5.69 Å². The highest BCUT2D eigenvalue weighted by Gasteiger charge is 1.92. The topological polar surface area (TPSA) is 54.7 Å². The van der Waals surface area contributed by atoms with Gasteiger partial charge in [0.25, 0.3) is 0 Å². The lowest BCUT2D eigenvalue weighted by molar-refractivity contribution is 1.08. The van der Waals surface area contributed by atoms with Gasteiger partial charge in [0.15, 0.2) is 0 Å². The minimum Gasteiger partial charge on any atom is -0.396 e. The zero-order chi connectivity index (χ0) is 7.40. The summed E-state index contributed by atoms with van der Waals surface area (Å²) in [6, 6.07) is 0. The molecular weight excluding hydrogens is 126 g/mol. The van der Waals surface area contributed by atoms with E-state index in [1.54, 1.807) is 18.3 Å². The molecule has 3 nitrogen and oxygen atoms in total. The van der Waals surface area contributed by atoms with Gasteiger partial charge < -0.3 is 5.73 Å². The molecule has 52 valence electrons. The third-order valence-electron chi connectivity index (χ3n) is 1.10. The number of nitrogens with zero attached hydrogens (tertiary/aromatic N) is 1. The molecule has 0 aliphatic heterocycles. The quantitative estimate of drug-likeness (QED) is 0.598. The van der Waals surface area contributed by atoms with E-state index in [1.807, 2.05) is 6.08 Å². The van der Waals surface area contributed by atoms with Crippen LogP contribution in [0.3, 0.4) is 0 Å². The highest BCUT2D eigenvalue weighted by molar-refractivity contribution is 5.60. The van der Waals surface area contributed by atoms with Crippen LogP contribution in [0.5, 0.6) is 0 Å². The van der Waals surface area contributed by atoms with Crippen molar-refractivity contribution in [1.29, 1.82) is 0 Å². The van der Waals surface area contributed by atoms with Crippen molar-refractivity contribution in [3.8, 4) is 0 Å². The van der Waals surface area contributed by atoms with Crippen LogP contribution >= 0.6 is 0 Å². The second kappa shape index (κ2) is 2.87. The lowest BCUT2D eigenvalue weighted by atomic mass is 10.3. The maximum absolute atomic E-state index is 5.50. The number of aromatic amines is 1. The van der Waals surface area contributed by atoms with Gasteiger partial charge in [-0.1, -0.05) is 18.7 Å². The molecule has 1 aromatic heterocycles. The number of nitrogen functional groups attached to an aromatic ring is 1. The Balaban J connectivity index is 2.83. The molecule has 0 aliphatic rings. The molecule has 0 bridgehead atoms. The van der Waals surface area contributed by atoms with E-state index in [-0.39, 0.29) is 0 Å². The highest BCUT2D eigenvalue weighted by Crippen LogP contribution is 2.06. The SMILES string of the molecule is C=C/C=C\c1[nH]ncc1N. The minimum atomic E-state index is 0.651. The monoisotopic (exact) mass is 135 g/mol. The Labute approximate surface area is 59.2 Å². The maximum Gasteiger partial charge on any atom is 0.0807 e. The smallest absolute Gasteiger partial charge is 0.0807 e. The molecule has 3 N–H and O–H groups in total. The van der Waals surface area contributed by atoms with Gasteiger partial charge in [-0.2, -0.15) is 5.10 Å². The first-order valence-corrected chi connectivity index (χ1v) is 2.92. The highest BCUT2D eigenvalue weighted by atomic mass is 15.1. The van der Waals surface area contributed by atoms with Gasteiger partial charge in [-0.3, -0.25) is 5.10 Å². The van der Waals surface area contributed by atoms with Crippen LogP contribution < -0.4 is 5.73 Å². The molecule has 0 amide bonds. The second-order valence-electron chi connectivity index (χ2n) is 1.83. The molecule has 0 saturated carbocycles. The number of allylic oxidation sites excluding steroid dienone is 2. The molecular formula is C7H9N3. The predicted octanol–water partition coefficient (Wildman–Crippen LogP) is 1.19. The van der Waals surface area contributed by atoms with Crippen molar-refractivity contribution in [2.45, 2.75) is 0 Å². The van der Waals surface area contributed by atoms with Crippen LogP contribution in [-0.2, 0) is 0 Å². The molecule has 0 aromatic carbocycles. The molecule has 0 unspecified atom stereocenters. The molecule has 0 saturated heterocycles. The summed E-state index contributed by atoms with van der Waals surface area (Å²) < 4.78 is 0. The van der Waals surface area contributed by atoms with E-state index < -0.39 is 0 Å². The van der Waals surface area contributed by atoms with Crippen molar-refractivity contribution in [2.75, 3.05) is 5.73 Å². The Morgan fingerprint density at radius 1 is 1.70 bits per heavy atom. The first-order chi connectivity index (χ1) is 4.84. The summed E-state index contributed by atoms with van der Waals surface area (Å²) in [6.45, 7) is 3.53. The molecule has 1 aromatic rings. The third kappa shape index (κ3) is 1.25. The van der Waals surface area contributed by atoms with Gasteiger partial charge in [0.2, 0.25) is 0 Å². The van der Waals surface area contributed by atoms with Crippen molar-refractivity contribution in [3.63, 3.8) is 0 Å². The van der Waals surface area contributed by atoms with Crippen LogP contribution in [0.15, 0.2) is 24.9 Å². The molecule has 0 aliphatic carbocycles. The van der Waals surface area contributed by atoms with Gasteiger partial charge in [-0.25, -0.2) is 0 Å². The summed E-state index contributed by atoms with van der Waals surface area (Å²) >= 11 is 0. The van der Waals surface area contributed by atoms with Gasteiger partial charge in [0.05, 0.1) is 17.6 Å². The fourth-order valence-corrected chi connectivity index (χ4v) is 0.603. The van der Waals surface area contributed by atoms with Crippen LogP contribution in [0.1, 0.15) is 5.69 Å². The molecule has 1 heterocycles. The first kappa shape index (κ1) is 6.61. The number of H-pyrrole nitrogens is 1. The van der Waals surface area contributed by atoms with Gasteiger partial charge >= 0.3 is 0 Å². The van der Waals surface area contributed by atoms with Crippen molar-refractivity contribution in [1.82, 2.24) is 10.2 Å². The molecule has 3 heteroatoms. The second-order valence-corrected chi connectivity index (χ2v) is 1.83. The summed E-state index contributed by atoms with van der Waals surface area (Å²) in [5.41, 5.74) is 6.97. The Kier molecular flexibility index (Phi) is 1.89. The summed E-state index contributed by atoms with van der Waals surface area (Å²) in [4.78, 5) is 0. The van der Waals surface area contributed by atoms with Crippen LogP contribution in [0.4, 0.5) is 5.69 Å². The van der Waals surface area contributed by atoms with E-state index in [4.69, 9.17) is 5.73 Å². The molecule has 10 heavy (non-hydrogen) atoms. The number of rotatable bonds is 2. The van der Waals surface area contributed by atoms with Crippen molar-refractivity contribution in [3.05, 3.63) is 30.6 Å². The predicted molar refractivity (Wildman–Crippen MR) is 42.2 cm³/mol. The number of nitrogens with two attached hydrogens (primary N) is 1. The molecule has 1 rings (SSSR count). The first-order valence-electron chi connectivity index (χ1n) is 2.92. The standard InChI is InChI=1S/C7H9N3/c1-2-3-4-7-6(8)5-9-10-7/h2-5H,1,8H2,(H,9,10)/b4-3-. The Morgan fingerprint density at radius 3 is 3.00 bits per heavy atom.